The summed E-state index contributed by atoms with van der Waals surface area (Å²) in [6, 6.07) is 10.1. The molecule has 0 saturated heterocycles. The fraction of sp³-hybridized carbons (Fsp3) is 0.375. The van der Waals surface area contributed by atoms with E-state index in [9.17, 15) is 4.79 Å². The molecule has 19 heavy (non-hydrogen) atoms. The number of para-hydroxylation sites is 1. The molecule has 1 aromatic heterocycles. The summed E-state index contributed by atoms with van der Waals surface area (Å²) in [5, 5.41) is 4.09. The molecule has 0 saturated carbocycles. The standard InChI is InChI=1S/C16H20N2O/c1-3-13(4-2)16(19)18-11-12-9-14-7-5-6-8-15(14)17-10-12/h5-10,13H,3-4,11H2,1-2H3,(H,18,19). The SMILES string of the molecule is CCC(CC)C(=O)NCc1cnc2ccccc2c1. The van der Waals surface area contributed by atoms with Crippen molar-refractivity contribution in [3.05, 3.63) is 42.1 Å². The van der Waals surface area contributed by atoms with E-state index >= 15 is 0 Å². The van der Waals surface area contributed by atoms with Gasteiger partial charge in [-0.25, -0.2) is 0 Å². The van der Waals surface area contributed by atoms with E-state index in [4.69, 9.17) is 0 Å². The number of carbonyl (C=O) groups is 1. The van der Waals surface area contributed by atoms with Gasteiger partial charge in [0.25, 0.3) is 0 Å². The molecule has 0 spiro atoms. The van der Waals surface area contributed by atoms with Crippen LogP contribution in [0.5, 0.6) is 0 Å². The Morgan fingerprint density at radius 1 is 1.26 bits per heavy atom. The van der Waals surface area contributed by atoms with Gasteiger partial charge in [0.15, 0.2) is 0 Å². The lowest BCUT2D eigenvalue weighted by Crippen LogP contribution is -2.29. The third kappa shape index (κ3) is 3.31. The average molecular weight is 256 g/mol. The number of pyridine rings is 1. The smallest absolute Gasteiger partial charge is 0.223 e. The maximum Gasteiger partial charge on any atom is 0.223 e. The first-order valence-electron chi connectivity index (χ1n) is 6.86. The minimum Gasteiger partial charge on any atom is -0.352 e. The molecule has 0 aliphatic rings. The molecule has 100 valence electrons. The number of benzene rings is 1. The number of hydrogen-bond acceptors (Lipinski definition) is 2. The summed E-state index contributed by atoms with van der Waals surface area (Å²) in [4.78, 5) is 16.3. The average Bonchev–Trinajstić information content (AvgIpc) is 2.46. The monoisotopic (exact) mass is 256 g/mol. The lowest BCUT2D eigenvalue weighted by atomic mass is 10.0. The summed E-state index contributed by atoms with van der Waals surface area (Å²) in [5.41, 5.74) is 2.02. The number of amides is 1. The van der Waals surface area contributed by atoms with Gasteiger partial charge in [-0.1, -0.05) is 32.0 Å². The highest BCUT2D eigenvalue weighted by molar-refractivity contribution is 5.80. The first-order valence-corrected chi connectivity index (χ1v) is 6.86. The van der Waals surface area contributed by atoms with Gasteiger partial charge in [-0.05, 0) is 30.5 Å². The zero-order chi connectivity index (χ0) is 13.7. The van der Waals surface area contributed by atoms with Crippen LogP contribution in [0.15, 0.2) is 36.5 Å². The van der Waals surface area contributed by atoms with Gasteiger partial charge in [0.2, 0.25) is 5.91 Å². The molecule has 3 heteroatoms. The number of carbonyl (C=O) groups excluding carboxylic acids is 1. The van der Waals surface area contributed by atoms with Crippen molar-refractivity contribution in [2.45, 2.75) is 33.2 Å². The molecule has 0 aliphatic heterocycles. The summed E-state index contributed by atoms with van der Waals surface area (Å²) in [7, 11) is 0. The highest BCUT2D eigenvalue weighted by Gasteiger charge is 2.13. The molecule has 0 fully saturated rings. The summed E-state index contributed by atoms with van der Waals surface area (Å²) in [6.07, 6.45) is 3.60. The molecule has 0 bridgehead atoms. The molecule has 3 nitrogen and oxygen atoms in total. The molecule has 0 atom stereocenters. The molecular weight excluding hydrogens is 236 g/mol. The van der Waals surface area contributed by atoms with Crippen molar-refractivity contribution in [1.82, 2.24) is 10.3 Å². The highest BCUT2D eigenvalue weighted by atomic mass is 16.1. The van der Waals surface area contributed by atoms with Crippen molar-refractivity contribution in [3.8, 4) is 0 Å². The van der Waals surface area contributed by atoms with Crippen molar-refractivity contribution in [2.75, 3.05) is 0 Å². The van der Waals surface area contributed by atoms with E-state index in [2.05, 4.69) is 16.4 Å². The van der Waals surface area contributed by atoms with E-state index in [1.165, 1.54) is 0 Å². The van der Waals surface area contributed by atoms with Crippen LogP contribution in [0, 0.1) is 5.92 Å². The van der Waals surface area contributed by atoms with Crippen LogP contribution in [0.25, 0.3) is 10.9 Å². The van der Waals surface area contributed by atoms with E-state index < -0.39 is 0 Å². The van der Waals surface area contributed by atoms with Crippen molar-refractivity contribution < 1.29 is 4.79 Å². The van der Waals surface area contributed by atoms with Crippen molar-refractivity contribution in [3.63, 3.8) is 0 Å². The van der Waals surface area contributed by atoms with Gasteiger partial charge in [0.1, 0.15) is 0 Å². The quantitative estimate of drug-likeness (QED) is 0.892. The van der Waals surface area contributed by atoms with Crippen molar-refractivity contribution >= 4 is 16.8 Å². The summed E-state index contributed by atoms with van der Waals surface area (Å²) in [5.74, 6) is 0.256. The Kier molecular flexibility index (Phi) is 4.50. The normalized spacial score (nSPS) is 10.9. The van der Waals surface area contributed by atoms with Crippen LogP contribution < -0.4 is 5.32 Å². The van der Waals surface area contributed by atoms with E-state index in [0.717, 1.165) is 29.3 Å². The number of aromatic nitrogens is 1. The topological polar surface area (TPSA) is 42.0 Å². The molecule has 0 unspecified atom stereocenters. The zero-order valence-electron chi connectivity index (χ0n) is 11.5. The predicted molar refractivity (Wildman–Crippen MR) is 77.7 cm³/mol. The van der Waals surface area contributed by atoms with E-state index in [-0.39, 0.29) is 11.8 Å². The van der Waals surface area contributed by atoms with E-state index in [0.29, 0.717) is 6.54 Å². The molecule has 0 aliphatic carbocycles. The van der Waals surface area contributed by atoms with Gasteiger partial charge in [-0.15, -0.1) is 0 Å². The van der Waals surface area contributed by atoms with E-state index in [1.807, 2.05) is 44.3 Å². The second kappa shape index (κ2) is 6.32. The van der Waals surface area contributed by atoms with Crippen LogP contribution >= 0.6 is 0 Å². The summed E-state index contributed by atoms with van der Waals surface area (Å²) >= 11 is 0. The third-order valence-electron chi connectivity index (χ3n) is 3.47. The van der Waals surface area contributed by atoms with Gasteiger partial charge < -0.3 is 5.32 Å². The second-order valence-electron chi connectivity index (χ2n) is 4.77. The van der Waals surface area contributed by atoms with Crippen molar-refractivity contribution in [2.24, 2.45) is 5.92 Å². The van der Waals surface area contributed by atoms with Crippen LogP contribution in [-0.2, 0) is 11.3 Å². The lowest BCUT2D eigenvalue weighted by Gasteiger charge is -2.12. The number of nitrogens with zero attached hydrogens (tertiary/aromatic N) is 1. The third-order valence-corrected chi connectivity index (χ3v) is 3.47. The molecule has 2 aromatic rings. The number of hydrogen-bond donors (Lipinski definition) is 1. The first kappa shape index (κ1) is 13.5. The second-order valence-corrected chi connectivity index (χ2v) is 4.77. The highest BCUT2D eigenvalue weighted by Crippen LogP contribution is 2.13. The number of rotatable bonds is 5. The lowest BCUT2D eigenvalue weighted by molar-refractivity contribution is -0.125. The van der Waals surface area contributed by atoms with Crippen LogP contribution in [0.2, 0.25) is 0 Å². The Hall–Kier alpha value is -1.90. The van der Waals surface area contributed by atoms with Gasteiger partial charge in [-0.2, -0.15) is 0 Å². The Balaban J connectivity index is 2.03. The van der Waals surface area contributed by atoms with Gasteiger partial charge in [-0.3, -0.25) is 9.78 Å². The number of fused-ring (bicyclic) bond motifs is 1. The minimum absolute atomic E-state index is 0.119. The molecular formula is C16H20N2O. The summed E-state index contributed by atoms with van der Waals surface area (Å²) in [6.45, 7) is 4.64. The molecule has 1 N–H and O–H groups in total. The molecule has 1 heterocycles. The molecule has 0 radical (unpaired) electrons. The number of nitrogens with one attached hydrogen (secondary N) is 1. The van der Waals surface area contributed by atoms with Crippen LogP contribution in [-0.4, -0.2) is 10.9 Å². The van der Waals surface area contributed by atoms with Gasteiger partial charge >= 0.3 is 0 Å². The zero-order valence-corrected chi connectivity index (χ0v) is 11.5. The van der Waals surface area contributed by atoms with E-state index in [1.54, 1.807) is 0 Å². The molecule has 2 rings (SSSR count). The predicted octanol–water partition coefficient (Wildman–Crippen LogP) is 3.29. The van der Waals surface area contributed by atoms with Crippen LogP contribution in [0.3, 0.4) is 0 Å². The minimum atomic E-state index is 0.119. The van der Waals surface area contributed by atoms with Gasteiger partial charge in [0.05, 0.1) is 5.52 Å². The fourth-order valence-corrected chi connectivity index (χ4v) is 2.21. The maximum absolute atomic E-state index is 11.9. The fourth-order valence-electron chi connectivity index (χ4n) is 2.21. The summed E-state index contributed by atoms with van der Waals surface area (Å²) < 4.78 is 0. The van der Waals surface area contributed by atoms with Crippen molar-refractivity contribution in [1.29, 1.82) is 0 Å². The van der Waals surface area contributed by atoms with Gasteiger partial charge in [0, 0.05) is 24.0 Å². The Morgan fingerprint density at radius 2 is 2.00 bits per heavy atom. The van der Waals surface area contributed by atoms with Crippen LogP contribution in [0.4, 0.5) is 0 Å². The first-order chi connectivity index (χ1) is 9.24. The Labute approximate surface area is 114 Å². The Bertz CT molecular complexity index is 561. The molecule has 1 amide bonds. The largest absolute Gasteiger partial charge is 0.352 e. The molecule has 1 aromatic carbocycles. The Morgan fingerprint density at radius 3 is 2.74 bits per heavy atom. The maximum atomic E-state index is 11.9. The van der Waals surface area contributed by atoms with Crippen LogP contribution in [0.1, 0.15) is 32.3 Å².